The average molecular weight is 242 g/mol. The summed E-state index contributed by atoms with van der Waals surface area (Å²) in [4.78, 5) is 11.5. The van der Waals surface area contributed by atoms with Crippen LogP contribution in [0.4, 0.5) is 0 Å². The molecule has 100 valence electrons. The zero-order valence-corrected chi connectivity index (χ0v) is 11.2. The molecule has 1 aliphatic carbocycles. The summed E-state index contributed by atoms with van der Waals surface area (Å²) in [6.45, 7) is 4.84. The van der Waals surface area contributed by atoms with E-state index in [1.807, 2.05) is 0 Å². The van der Waals surface area contributed by atoms with Crippen molar-refractivity contribution in [3.8, 4) is 0 Å². The number of carboxylic acid groups (broad SMARTS) is 1. The summed E-state index contributed by atoms with van der Waals surface area (Å²) in [5.74, 6) is -0.197. The van der Waals surface area contributed by atoms with Crippen LogP contribution in [0.5, 0.6) is 0 Å². The number of hydrogen-bond donors (Lipinski definition) is 1. The summed E-state index contributed by atoms with van der Waals surface area (Å²) in [6.07, 6.45) is 7.78. The molecule has 3 nitrogen and oxygen atoms in total. The van der Waals surface area contributed by atoms with Gasteiger partial charge in [0.1, 0.15) is 0 Å². The smallest absolute Gasteiger partial charge is 0.335 e. The Hall–Kier alpha value is -0.570. The van der Waals surface area contributed by atoms with Crippen LogP contribution in [0.15, 0.2) is 0 Å². The first kappa shape index (κ1) is 14.5. The lowest BCUT2D eigenvalue weighted by Crippen LogP contribution is -2.42. The van der Waals surface area contributed by atoms with Crippen LogP contribution in [0.1, 0.15) is 65.2 Å². The Morgan fingerprint density at radius 1 is 1.18 bits per heavy atom. The van der Waals surface area contributed by atoms with Gasteiger partial charge in [0.25, 0.3) is 0 Å². The van der Waals surface area contributed by atoms with Crippen LogP contribution in [0.2, 0.25) is 0 Å². The van der Waals surface area contributed by atoms with Gasteiger partial charge < -0.3 is 9.84 Å². The minimum absolute atomic E-state index is 0.564. The number of carbonyl (C=O) groups is 1. The second-order valence-corrected chi connectivity index (χ2v) is 5.60. The van der Waals surface area contributed by atoms with Gasteiger partial charge in [0, 0.05) is 6.61 Å². The van der Waals surface area contributed by atoms with Gasteiger partial charge in [-0.3, -0.25) is 0 Å². The second kappa shape index (κ2) is 7.00. The Bertz CT molecular complexity index is 228. The molecule has 0 spiro atoms. The molecule has 0 saturated heterocycles. The number of ether oxygens (including phenoxy) is 1. The van der Waals surface area contributed by atoms with Crippen LogP contribution in [-0.2, 0) is 9.53 Å². The maximum absolute atomic E-state index is 11.5. The fourth-order valence-electron chi connectivity index (χ4n) is 2.39. The van der Waals surface area contributed by atoms with Gasteiger partial charge in [0.15, 0.2) is 5.60 Å². The molecule has 0 aromatic carbocycles. The van der Waals surface area contributed by atoms with Crippen molar-refractivity contribution >= 4 is 5.97 Å². The van der Waals surface area contributed by atoms with Crippen molar-refractivity contribution in [1.29, 1.82) is 0 Å². The average Bonchev–Trinajstić information content (AvgIpc) is 2.20. The van der Waals surface area contributed by atoms with E-state index >= 15 is 0 Å². The Balaban J connectivity index is 2.55. The molecule has 17 heavy (non-hydrogen) atoms. The Morgan fingerprint density at radius 3 is 2.18 bits per heavy atom. The normalized spacial score (nSPS) is 20.9. The van der Waals surface area contributed by atoms with E-state index in [9.17, 15) is 9.90 Å². The molecule has 0 amide bonds. The van der Waals surface area contributed by atoms with Crippen LogP contribution in [0, 0.1) is 5.92 Å². The van der Waals surface area contributed by atoms with Crippen molar-refractivity contribution in [2.75, 3.05) is 6.61 Å². The van der Waals surface area contributed by atoms with Gasteiger partial charge in [-0.1, -0.05) is 33.1 Å². The molecule has 0 unspecified atom stereocenters. The van der Waals surface area contributed by atoms with Crippen molar-refractivity contribution in [3.05, 3.63) is 0 Å². The molecule has 0 aliphatic heterocycles. The molecular formula is C14H26O3. The maximum Gasteiger partial charge on any atom is 0.335 e. The van der Waals surface area contributed by atoms with Gasteiger partial charge in [-0.2, -0.15) is 0 Å². The summed E-state index contributed by atoms with van der Waals surface area (Å²) in [5.41, 5.74) is -0.894. The first-order chi connectivity index (χ1) is 8.07. The van der Waals surface area contributed by atoms with E-state index in [4.69, 9.17) is 4.74 Å². The van der Waals surface area contributed by atoms with E-state index in [1.165, 1.54) is 6.42 Å². The molecule has 0 aromatic rings. The van der Waals surface area contributed by atoms with E-state index in [0.717, 1.165) is 32.1 Å². The molecule has 0 aromatic heterocycles. The molecule has 0 radical (unpaired) electrons. The molecule has 1 saturated carbocycles. The third-order valence-electron chi connectivity index (χ3n) is 3.62. The van der Waals surface area contributed by atoms with Gasteiger partial charge >= 0.3 is 5.97 Å². The molecule has 1 fully saturated rings. The molecule has 1 N–H and O–H groups in total. The van der Waals surface area contributed by atoms with Crippen molar-refractivity contribution in [1.82, 2.24) is 0 Å². The van der Waals surface area contributed by atoms with Crippen molar-refractivity contribution < 1.29 is 14.6 Å². The van der Waals surface area contributed by atoms with E-state index < -0.39 is 11.6 Å². The fourth-order valence-corrected chi connectivity index (χ4v) is 2.39. The largest absolute Gasteiger partial charge is 0.479 e. The number of rotatable bonds is 5. The topological polar surface area (TPSA) is 46.5 Å². The highest BCUT2D eigenvalue weighted by Crippen LogP contribution is 2.30. The monoisotopic (exact) mass is 242 g/mol. The summed E-state index contributed by atoms with van der Waals surface area (Å²) >= 11 is 0. The zero-order valence-electron chi connectivity index (χ0n) is 11.2. The SMILES string of the molecule is CC(C)CCOC1(C(=O)O)CCCCCCC1. The van der Waals surface area contributed by atoms with E-state index in [1.54, 1.807) is 0 Å². The third kappa shape index (κ3) is 4.66. The molecule has 3 heteroatoms. The van der Waals surface area contributed by atoms with Gasteiger partial charge in [0.05, 0.1) is 0 Å². The molecule has 0 bridgehead atoms. The third-order valence-corrected chi connectivity index (χ3v) is 3.62. The molecule has 0 heterocycles. The summed E-state index contributed by atoms with van der Waals surface area (Å²) in [7, 11) is 0. The van der Waals surface area contributed by atoms with Crippen molar-refractivity contribution in [2.24, 2.45) is 5.92 Å². The lowest BCUT2D eigenvalue weighted by atomic mass is 9.87. The van der Waals surface area contributed by atoms with Crippen molar-refractivity contribution in [2.45, 2.75) is 70.8 Å². The van der Waals surface area contributed by atoms with Crippen LogP contribution in [0.25, 0.3) is 0 Å². The zero-order chi connectivity index (χ0) is 12.7. The highest BCUT2D eigenvalue weighted by molar-refractivity contribution is 5.77. The maximum atomic E-state index is 11.5. The van der Waals surface area contributed by atoms with Crippen LogP contribution in [0.3, 0.4) is 0 Å². The number of carboxylic acids is 1. The van der Waals surface area contributed by atoms with Gasteiger partial charge in [-0.05, 0) is 38.0 Å². The highest BCUT2D eigenvalue weighted by atomic mass is 16.5. The van der Waals surface area contributed by atoms with Crippen LogP contribution < -0.4 is 0 Å². The van der Waals surface area contributed by atoms with Gasteiger partial charge in [-0.15, -0.1) is 0 Å². The fraction of sp³-hybridized carbons (Fsp3) is 0.929. The second-order valence-electron chi connectivity index (χ2n) is 5.60. The summed E-state index contributed by atoms with van der Waals surface area (Å²) in [5, 5.41) is 9.45. The molecule has 1 rings (SSSR count). The minimum Gasteiger partial charge on any atom is -0.479 e. The van der Waals surface area contributed by atoms with E-state index in [-0.39, 0.29) is 0 Å². The molecular weight excluding hydrogens is 216 g/mol. The van der Waals surface area contributed by atoms with Crippen LogP contribution in [-0.4, -0.2) is 23.3 Å². The Morgan fingerprint density at radius 2 is 1.71 bits per heavy atom. The van der Waals surface area contributed by atoms with E-state index in [2.05, 4.69) is 13.8 Å². The quantitative estimate of drug-likeness (QED) is 0.801. The minimum atomic E-state index is -0.894. The first-order valence-electron chi connectivity index (χ1n) is 6.94. The lowest BCUT2D eigenvalue weighted by molar-refractivity contribution is -0.169. The predicted octanol–water partition coefficient (Wildman–Crippen LogP) is 3.62. The standard InChI is InChI=1S/C14H26O3/c1-12(2)8-11-17-14(13(15)16)9-6-4-3-5-7-10-14/h12H,3-11H2,1-2H3,(H,15,16). The summed E-state index contributed by atoms with van der Waals surface area (Å²) < 4.78 is 5.78. The highest BCUT2D eigenvalue weighted by Gasteiger charge is 2.39. The Kier molecular flexibility index (Phi) is 5.96. The van der Waals surface area contributed by atoms with Crippen LogP contribution >= 0.6 is 0 Å². The number of hydrogen-bond acceptors (Lipinski definition) is 2. The van der Waals surface area contributed by atoms with E-state index in [0.29, 0.717) is 25.4 Å². The number of aliphatic carboxylic acids is 1. The summed E-state index contributed by atoms with van der Waals surface area (Å²) in [6, 6.07) is 0. The molecule has 0 atom stereocenters. The van der Waals surface area contributed by atoms with Crippen molar-refractivity contribution in [3.63, 3.8) is 0 Å². The lowest BCUT2D eigenvalue weighted by Gasteiger charge is -2.31. The predicted molar refractivity (Wildman–Crippen MR) is 68.1 cm³/mol. The molecule has 1 aliphatic rings. The van der Waals surface area contributed by atoms with Gasteiger partial charge in [0.2, 0.25) is 0 Å². The first-order valence-corrected chi connectivity index (χ1v) is 6.94. The Labute approximate surface area is 105 Å². The van der Waals surface area contributed by atoms with Gasteiger partial charge in [-0.25, -0.2) is 4.79 Å².